The number of piperidine rings is 1. The van der Waals surface area contributed by atoms with Gasteiger partial charge in [-0.3, -0.25) is 14.4 Å². The molecule has 1 aromatic heterocycles. The molecule has 28 heavy (non-hydrogen) atoms. The number of aromatic nitrogens is 2. The van der Waals surface area contributed by atoms with E-state index in [0.717, 1.165) is 43.9 Å². The average Bonchev–Trinajstić information content (AvgIpc) is 3.34. The molecule has 2 aromatic rings. The van der Waals surface area contributed by atoms with E-state index in [1.54, 1.807) is 10.9 Å². The smallest absolute Gasteiger partial charge is 0.325 e. The molecule has 1 aromatic carbocycles. The lowest BCUT2D eigenvalue weighted by Gasteiger charge is -2.33. The van der Waals surface area contributed by atoms with Gasteiger partial charge in [-0.2, -0.15) is 5.10 Å². The molecule has 150 valence electrons. The summed E-state index contributed by atoms with van der Waals surface area (Å²) in [5.74, 6) is 0.461. The van der Waals surface area contributed by atoms with Gasteiger partial charge in [-0.05, 0) is 68.8 Å². The van der Waals surface area contributed by atoms with Crippen molar-refractivity contribution in [1.29, 1.82) is 0 Å². The van der Waals surface area contributed by atoms with E-state index in [-0.39, 0.29) is 6.54 Å². The van der Waals surface area contributed by atoms with Gasteiger partial charge < -0.3 is 9.84 Å². The van der Waals surface area contributed by atoms with Crippen LogP contribution in [0.2, 0.25) is 0 Å². The molecule has 4 rings (SSSR count). The molecule has 1 aliphatic heterocycles. The summed E-state index contributed by atoms with van der Waals surface area (Å²) in [5, 5.41) is 13.3. The predicted molar refractivity (Wildman–Crippen MR) is 106 cm³/mol. The predicted octanol–water partition coefficient (Wildman–Crippen LogP) is 3.67. The van der Waals surface area contributed by atoms with E-state index < -0.39 is 5.97 Å². The van der Waals surface area contributed by atoms with Crippen molar-refractivity contribution in [3.05, 3.63) is 47.8 Å². The van der Waals surface area contributed by atoms with Crippen molar-refractivity contribution in [3.63, 3.8) is 0 Å². The van der Waals surface area contributed by atoms with Crippen LogP contribution >= 0.6 is 0 Å². The van der Waals surface area contributed by atoms with Crippen LogP contribution in [0.25, 0.3) is 0 Å². The van der Waals surface area contributed by atoms with Crippen LogP contribution in [0.1, 0.15) is 55.7 Å². The molecule has 1 aliphatic carbocycles. The standard InChI is InChI=1S/C22H29N3O3/c26-22(27)16-25-21(10-11-23-25)18-6-4-12-24(15-18)14-17-5-3-9-20(13-17)28-19-7-1-2-8-19/h3,5,9-11,13,18-19H,1-2,4,6-8,12,14-16H2,(H,26,27)/t18-/m1/s1. The highest BCUT2D eigenvalue weighted by atomic mass is 16.5. The Balaban J connectivity index is 1.39. The quantitative estimate of drug-likeness (QED) is 0.790. The molecule has 0 spiro atoms. The number of hydrogen-bond donors (Lipinski definition) is 1. The van der Waals surface area contributed by atoms with Crippen LogP contribution < -0.4 is 4.74 Å². The molecule has 2 fully saturated rings. The molecule has 0 radical (unpaired) electrons. The molecule has 1 atom stereocenters. The van der Waals surface area contributed by atoms with E-state index in [1.165, 1.54) is 31.2 Å². The zero-order chi connectivity index (χ0) is 19.3. The summed E-state index contributed by atoms with van der Waals surface area (Å²) in [5.41, 5.74) is 2.31. The second-order valence-electron chi connectivity index (χ2n) is 8.05. The first-order valence-electron chi connectivity index (χ1n) is 10.4. The Morgan fingerprint density at radius 3 is 2.86 bits per heavy atom. The summed E-state index contributed by atoms with van der Waals surface area (Å²) in [4.78, 5) is 13.5. The molecule has 6 nitrogen and oxygen atoms in total. The van der Waals surface area contributed by atoms with Crippen molar-refractivity contribution in [3.8, 4) is 5.75 Å². The van der Waals surface area contributed by atoms with Crippen LogP contribution in [-0.2, 0) is 17.9 Å². The molecule has 6 heteroatoms. The van der Waals surface area contributed by atoms with Gasteiger partial charge in [0.15, 0.2) is 0 Å². The zero-order valence-corrected chi connectivity index (χ0v) is 16.3. The number of nitrogens with zero attached hydrogens (tertiary/aromatic N) is 3. The van der Waals surface area contributed by atoms with E-state index in [4.69, 9.17) is 9.84 Å². The molecular formula is C22H29N3O3. The van der Waals surface area contributed by atoms with Gasteiger partial charge in [0.2, 0.25) is 0 Å². The third-order valence-electron chi connectivity index (χ3n) is 5.87. The van der Waals surface area contributed by atoms with Crippen LogP contribution in [0.3, 0.4) is 0 Å². The molecule has 0 unspecified atom stereocenters. The van der Waals surface area contributed by atoms with Crippen LogP contribution in [0.4, 0.5) is 0 Å². The number of aliphatic carboxylic acids is 1. The van der Waals surface area contributed by atoms with Crippen LogP contribution in [-0.4, -0.2) is 44.9 Å². The minimum atomic E-state index is -0.850. The summed E-state index contributed by atoms with van der Waals surface area (Å²) in [6.07, 6.45) is 9.17. The summed E-state index contributed by atoms with van der Waals surface area (Å²) in [6.45, 7) is 2.82. The van der Waals surface area contributed by atoms with Crippen LogP contribution in [0.15, 0.2) is 36.5 Å². The Hall–Kier alpha value is -2.34. The Kier molecular flexibility index (Phi) is 5.95. The molecule has 1 saturated heterocycles. The Morgan fingerprint density at radius 2 is 2.04 bits per heavy atom. The average molecular weight is 383 g/mol. The summed E-state index contributed by atoms with van der Waals surface area (Å²) in [6, 6.07) is 10.5. The zero-order valence-electron chi connectivity index (χ0n) is 16.3. The van der Waals surface area contributed by atoms with E-state index >= 15 is 0 Å². The fourth-order valence-corrected chi connectivity index (χ4v) is 4.56. The Morgan fingerprint density at radius 1 is 1.18 bits per heavy atom. The van der Waals surface area contributed by atoms with Crippen molar-refractivity contribution >= 4 is 5.97 Å². The van der Waals surface area contributed by atoms with Crippen LogP contribution in [0, 0.1) is 0 Å². The molecule has 2 aliphatic rings. The minimum absolute atomic E-state index is 0.0701. The SMILES string of the molecule is O=C(O)Cn1nccc1[C@@H]1CCCN(Cc2cccc(OC3CCCC3)c2)C1. The fraction of sp³-hybridized carbons (Fsp3) is 0.545. The van der Waals surface area contributed by atoms with Gasteiger partial charge in [0.25, 0.3) is 0 Å². The lowest BCUT2D eigenvalue weighted by molar-refractivity contribution is -0.137. The molecule has 2 heterocycles. The number of likely N-dealkylation sites (tertiary alicyclic amines) is 1. The topological polar surface area (TPSA) is 67.6 Å². The number of carboxylic acid groups (broad SMARTS) is 1. The van der Waals surface area contributed by atoms with E-state index in [0.29, 0.717) is 12.0 Å². The molecule has 0 amide bonds. The van der Waals surface area contributed by atoms with Crippen molar-refractivity contribution < 1.29 is 14.6 Å². The summed E-state index contributed by atoms with van der Waals surface area (Å²) in [7, 11) is 0. The van der Waals surface area contributed by atoms with Crippen molar-refractivity contribution in [1.82, 2.24) is 14.7 Å². The highest BCUT2D eigenvalue weighted by molar-refractivity contribution is 5.66. The van der Waals surface area contributed by atoms with Crippen LogP contribution in [0.5, 0.6) is 5.75 Å². The van der Waals surface area contributed by atoms with Gasteiger partial charge in [0, 0.05) is 30.9 Å². The first-order valence-corrected chi connectivity index (χ1v) is 10.4. The first-order chi connectivity index (χ1) is 13.7. The number of hydrogen-bond acceptors (Lipinski definition) is 4. The second-order valence-corrected chi connectivity index (χ2v) is 8.05. The summed E-state index contributed by atoms with van der Waals surface area (Å²) < 4.78 is 7.78. The number of ether oxygens (including phenoxy) is 1. The Bertz CT molecular complexity index is 798. The maximum absolute atomic E-state index is 11.1. The van der Waals surface area contributed by atoms with Gasteiger partial charge in [0.05, 0.1) is 6.10 Å². The molecule has 1 saturated carbocycles. The number of benzene rings is 1. The fourth-order valence-electron chi connectivity index (χ4n) is 4.56. The van der Waals surface area contributed by atoms with Crippen molar-refractivity contribution in [2.45, 2.75) is 63.6 Å². The van der Waals surface area contributed by atoms with E-state index in [2.05, 4.69) is 34.3 Å². The lowest BCUT2D eigenvalue weighted by atomic mass is 9.94. The van der Waals surface area contributed by atoms with Gasteiger partial charge in [-0.25, -0.2) is 0 Å². The molecule has 1 N–H and O–H groups in total. The number of rotatable bonds is 7. The second kappa shape index (κ2) is 8.78. The summed E-state index contributed by atoms with van der Waals surface area (Å²) >= 11 is 0. The highest BCUT2D eigenvalue weighted by Gasteiger charge is 2.25. The van der Waals surface area contributed by atoms with E-state index in [9.17, 15) is 4.79 Å². The van der Waals surface area contributed by atoms with Gasteiger partial charge in [0.1, 0.15) is 12.3 Å². The normalized spacial score (nSPS) is 21.1. The first kappa shape index (κ1) is 19.0. The van der Waals surface area contributed by atoms with Crippen molar-refractivity contribution in [2.75, 3.05) is 13.1 Å². The lowest BCUT2D eigenvalue weighted by Crippen LogP contribution is -2.35. The van der Waals surface area contributed by atoms with Gasteiger partial charge >= 0.3 is 5.97 Å². The third kappa shape index (κ3) is 4.73. The van der Waals surface area contributed by atoms with E-state index in [1.807, 2.05) is 6.07 Å². The highest BCUT2D eigenvalue weighted by Crippen LogP contribution is 2.29. The van der Waals surface area contributed by atoms with Gasteiger partial charge in [-0.15, -0.1) is 0 Å². The largest absolute Gasteiger partial charge is 0.490 e. The molecular weight excluding hydrogens is 354 g/mol. The number of carboxylic acids is 1. The van der Waals surface area contributed by atoms with Gasteiger partial charge in [-0.1, -0.05) is 12.1 Å². The maximum atomic E-state index is 11.1. The number of carbonyl (C=O) groups is 1. The van der Waals surface area contributed by atoms with Crippen molar-refractivity contribution in [2.24, 2.45) is 0 Å². The minimum Gasteiger partial charge on any atom is -0.490 e. The Labute approximate surface area is 166 Å². The maximum Gasteiger partial charge on any atom is 0.325 e. The third-order valence-corrected chi connectivity index (χ3v) is 5.87. The molecule has 0 bridgehead atoms. The monoisotopic (exact) mass is 383 g/mol.